The maximum absolute atomic E-state index is 11.7. The van der Waals surface area contributed by atoms with Gasteiger partial charge in [-0.2, -0.15) is 10.4 Å². The van der Waals surface area contributed by atoms with E-state index in [9.17, 15) is 4.79 Å². The number of carbonyl (C=O) groups excluding carboxylic acids is 1. The second-order valence-electron chi connectivity index (χ2n) is 3.58. The lowest BCUT2D eigenvalue weighted by Gasteiger charge is -2.07. The van der Waals surface area contributed by atoms with Crippen LogP contribution in [0.15, 0.2) is 30.5 Å². The number of anilines is 2. The third-order valence-electron chi connectivity index (χ3n) is 2.35. The van der Waals surface area contributed by atoms with Crippen LogP contribution in [0.1, 0.15) is 5.56 Å². The number of methoxy groups -OCH3 is 1. The Morgan fingerprint density at radius 3 is 2.74 bits per heavy atom. The van der Waals surface area contributed by atoms with Gasteiger partial charge in [0.2, 0.25) is 0 Å². The minimum absolute atomic E-state index is 0.258. The first-order valence-electron chi connectivity index (χ1n) is 5.38. The molecule has 0 atom stereocenters. The number of hydrogen-bond acceptors (Lipinski definition) is 4. The van der Waals surface area contributed by atoms with Gasteiger partial charge in [-0.1, -0.05) is 0 Å². The van der Waals surface area contributed by atoms with Crippen molar-refractivity contribution in [2.75, 3.05) is 17.7 Å². The Bertz CT molecular complexity index is 612. The minimum atomic E-state index is -0.467. The van der Waals surface area contributed by atoms with Crippen LogP contribution in [0, 0.1) is 11.3 Å². The fourth-order valence-electron chi connectivity index (χ4n) is 1.42. The molecule has 0 aliphatic carbocycles. The average Bonchev–Trinajstić information content (AvgIpc) is 2.86. The Morgan fingerprint density at radius 1 is 1.37 bits per heavy atom. The van der Waals surface area contributed by atoms with Gasteiger partial charge in [0.15, 0.2) is 0 Å². The molecule has 1 aromatic carbocycles. The number of urea groups is 1. The fraction of sp³-hybridized carbons (Fsp3) is 0.0833. The molecule has 7 nitrogen and oxygen atoms in total. The number of carbonyl (C=O) groups is 1. The molecule has 2 amide bonds. The summed E-state index contributed by atoms with van der Waals surface area (Å²) < 4.78 is 5.01. The summed E-state index contributed by atoms with van der Waals surface area (Å²) in [7, 11) is 1.57. The lowest BCUT2D eigenvalue weighted by atomic mass is 10.3. The Morgan fingerprint density at radius 2 is 2.11 bits per heavy atom. The van der Waals surface area contributed by atoms with Crippen molar-refractivity contribution in [1.29, 1.82) is 5.26 Å². The van der Waals surface area contributed by atoms with Crippen molar-refractivity contribution >= 4 is 17.5 Å². The molecule has 0 bridgehead atoms. The number of benzene rings is 1. The molecular formula is C12H11N5O2. The molecule has 0 radical (unpaired) electrons. The van der Waals surface area contributed by atoms with Crippen LogP contribution in [0.25, 0.3) is 0 Å². The molecule has 0 saturated heterocycles. The first-order valence-corrected chi connectivity index (χ1v) is 5.38. The fourth-order valence-corrected chi connectivity index (χ4v) is 1.42. The van der Waals surface area contributed by atoms with E-state index in [0.29, 0.717) is 11.4 Å². The lowest BCUT2D eigenvalue weighted by molar-refractivity contribution is 0.262. The molecular weight excluding hydrogens is 246 g/mol. The number of nitrogens with zero attached hydrogens (tertiary/aromatic N) is 2. The molecule has 2 rings (SSSR count). The largest absolute Gasteiger partial charge is 0.497 e. The van der Waals surface area contributed by atoms with Gasteiger partial charge in [-0.25, -0.2) is 4.79 Å². The molecule has 0 saturated carbocycles. The third kappa shape index (κ3) is 3.01. The van der Waals surface area contributed by atoms with Crippen LogP contribution >= 0.6 is 0 Å². The van der Waals surface area contributed by atoms with Gasteiger partial charge in [-0.15, -0.1) is 0 Å². The van der Waals surface area contributed by atoms with E-state index in [2.05, 4.69) is 20.8 Å². The first-order chi connectivity index (χ1) is 9.22. The average molecular weight is 257 g/mol. The van der Waals surface area contributed by atoms with Crippen molar-refractivity contribution in [3.8, 4) is 11.8 Å². The maximum atomic E-state index is 11.7. The molecule has 2 aromatic rings. The number of ether oxygens (including phenoxy) is 1. The Hall–Kier alpha value is -3.01. The summed E-state index contributed by atoms with van der Waals surface area (Å²) in [6.45, 7) is 0. The first kappa shape index (κ1) is 12.4. The van der Waals surface area contributed by atoms with Crippen molar-refractivity contribution in [3.05, 3.63) is 36.0 Å². The van der Waals surface area contributed by atoms with Crippen LogP contribution in [0.4, 0.5) is 16.3 Å². The zero-order chi connectivity index (χ0) is 13.7. The van der Waals surface area contributed by atoms with E-state index in [1.807, 2.05) is 6.07 Å². The molecule has 0 unspecified atom stereocenters. The number of H-pyrrole nitrogens is 1. The van der Waals surface area contributed by atoms with E-state index in [4.69, 9.17) is 10.00 Å². The van der Waals surface area contributed by atoms with E-state index >= 15 is 0 Å². The number of rotatable bonds is 3. The van der Waals surface area contributed by atoms with Crippen molar-refractivity contribution in [2.24, 2.45) is 0 Å². The Kier molecular flexibility index (Phi) is 3.64. The van der Waals surface area contributed by atoms with Crippen molar-refractivity contribution < 1.29 is 9.53 Å². The molecule has 96 valence electrons. The van der Waals surface area contributed by atoms with Gasteiger partial charge in [0.1, 0.15) is 23.2 Å². The van der Waals surface area contributed by atoms with E-state index in [1.165, 1.54) is 6.20 Å². The van der Waals surface area contributed by atoms with Gasteiger partial charge in [0.25, 0.3) is 0 Å². The lowest BCUT2D eigenvalue weighted by Crippen LogP contribution is -2.20. The SMILES string of the molecule is COc1ccc(NC(=O)Nc2[nH]ncc2C#N)cc1. The molecule has 7 heteroatoms. The van der Waals surface area contributed by atoms with E-state index in [0.717, 1.165) is 0 Å². The van der Waals surface area contributed by atoms with Crippen LogP contribution in [0.3, 0.4) is 0 Å². The molecule has 1 heterocycles. The van der Waals surface area contributed by atoms with Gasteiger partial charge < -0.3 is 10.1 Å². The van der Waals surface area contributed by atoms with E-state index < -0.39 is 6.03 Å². The van der Waals surface area contributed by atoms with Gasteiger partial charge in [0.05, 0.1) is 13.3 Å². The van der Waals surface area contributed by atoms with Crippen molar-refractivity contribution in [3.63, 3.8) is 0 Å². The molecule has 19 heavy (non-hydrogen) atoms. The number of nitriles is 1. The standard InChI is InChI=1S/C12H11N5O2/c1-19-10-4-2-9(3-5-10)15-12(18)16-11-8(6-13)7-14-17-11/h2-5,7H,1H3,(H3,14,15,16,17,18). The van der Waals surface area contributed by atoms with Gasteiger partial charge >= 0.3 is 6.03 Å². The number of aromatic nitrogens is 2. The molecule has 0 aliphatic heterocycles. The highest BCUT2D eigenvalue weighted by atomic mass is 16.5. The Labute approximate surface area is 109 Å². The van der Waals surface area contributed by atoms with Crippen LogP contribution < -0.4 is 15.4 Å². The number of hydrogen-bond donors (Lipinski definition) is 3. The summed E-state index contributed by atoms with van der Waals surface area (Å²) in [6.07, 6.45) is 1.34. The quantitative estimate of drug-likeness (QED) is 0.781. The Balaban J connectivity index is 1.99. The van der Waals surface area contributed by atoms with Crippen LogP contribution in [-0.4, -0.2) is 23.3 Å². The molecule has 0 aliphatic rings. The number of nitrogens with one attached hydrogen (secondary N) is 3. The zero-order valence-electron chi connectivity index (χ0n) is 10.1. The predicted molar refractivity (Wildman–Crippen MR) is 68.9 cm³/mol. The normalized spacial score (nSPS) is 9.47. The zero-order valence-corrected chi connectivity index (χ0v) is 10.1. The molecule has 0 fully saturated rings. The highest BCUT2D eigenvalue weighted by Crippen LogP contribution is 2.15. The highest BCUT2D eigenvalue weighted by molar-refractivity contribution is 5.99. The maximum Gasteiger partial charge on any atom is 0.324 e. The molecule has 0 spiro atoms. The predicted octanol–water partition coefficient (Wildman–Crippen LogP) is 1.93. The van der Waals surface area contributed by atoms with Crippen LogP contribution in [-0.2, 0) is 0 Å². The summed E-state index contributed by atoms with van der Waals surface area (Å²) in [5.41, 5.74) is 0.876. The third-order valence-corrected chi connectivity index (χ3v) is 2.35. The molecule has 1 aromatic heterocycles. The number of amides is 2. The second-order valence-corrected chi connectivity index (χ2v) is 3.58. The van der Waals surface area contributed by atoms with Crippen molar-refractivity contribution in [1.82, 2.24) is 10.2 Å². The minimum Gasteiger partial charge on any atom is -0.497 e. The summed E-state index contributed by atoms with van der Waals surface area (Å²) in [4.78, 5) is 11.7. The topological polar surface area (TPSA) is 103 Å². The van der Waals surface area contributed by atoms with Crippen molar-refractivity contribution in [2.45, 2.75) is 0 Å². The van der Waals surface area contributed by atoms with Gasteiger partial charge in [-0.05, 0) is 24.3 Å². The smallest absolute Gasteiger partial charge is 0.324 e. The summed E-state index contributed by atoms with van der Waals surface area (Å²) >= 11 is 0. The second kappa shape index (κ2) is 5.55. The van der Waals surface area contributed by atoms with E-state index in [-0.39, 0.29) is 11.4 Å². The summed E-state index contributed by atoms with van der Waals surface area (Å²) in [5, 5.41) is 20.1. The molecule has 3 N–H and O–H groups in total. The summed E-state index contributed by atoms with van der Waals surface area (Å²) in [5.74, 6) is 0.958. The van der Waals surface area contributed by atoms with E-state index in [1.54, 1.807) is 31.4 Å². The van der Waals surface area contributed by atoms with Gasteiger partial charge in [0, 0.05) is 5.69 Å². The summed E-state index contributed by atoms with van der Waals surface area (Å²) in [6, 6.07) is 8.31. The van der Waals surface area contributed by atoms with Gasteiger partial charge in [-0.3, -0.25) is 10.4 Å². The van der Waals surface area contributed by atoms with Crippen LogP contribution in [0.2, 0.25) is 0 Å². The van der Waals surface area contributed by atoms with Crippen LogP contribution in [0.5, 0.6) is 5.75 Å². The number of aromatic amines is 1. The monoisotopic (exact) mass is 257 g/mol. The highest BCUT2D eigenvalue weighted by Gasteiger charge is 2.08.